The number of hydrogen-bond acceptors (Lipinski definition) is 4. The molecule has 0 aliphatic carbocycles. The zero-order valence-corrected chi connectivity index (χ0v) is 12.1. The Morgan fingerprint density at radius 2 is 1.90 bits per heavy atom. The van der Waals surface area contributed by atoms with Gasteiger partial charge in [-0.15, -0.1) is 0 Å². The van der Waals surface area contributed by atoms with E-state index in [1.54, 1.807) is 19.1 Å². The number of benzene rings is 2. The fraction of sp³-hybridized carbons (Fsp3) is 0.133. The number of hydrogen-bond donors (Lipinski definition) is 1. The molecule has 0 spiro atoms. The predicted molar refractivity (Wildman–Crippen MR) is 77.6 cm³/mol. The summed E-state index contributed by atoms with van der Waals surface area (Å²) in [5, 5.41) is 8.78. The van der Waals surface area contributed by atoms with Crippen LogP contribution >= 0.6 is 0 Å². The maximum absolute atomic E-state index is 14.0. The molecule has 0 heterocycles. The molecule has 0 bridgehead atoms. The number of halogens is 1. The van der Waals surface area contributed by atoms with Gasteiger partial charge in [0.05, 0.1) is 16.2 Å². The van der Waals surface area contributed by atoms with Crippen molar-refractivity contribution in [2.45, 2.75) is 17.6 Å². The van der Waals surface area contributed by atoms with E-state index in [0.717, 1.165) is 0 Å². The summed E-state index contributed by atoms with van der Waals surface area (Å²) in [5.74, 6) is -1.32. The molecule has 2 aromatic carbocycles. The Morgan fingerprint density at radius 3 is 2.57 bits per heavy atom. The molecule has 0 saturated carbocycles. The molecular formula is C15H13FN2O2S. The van der Waals surface area contributed by atoms with Crippen LogP contribution < -0.4 is 5.73 Å². The fourth-order valence-electron chi connectivity index (χ4n) is 2.03. The Labute approximate surface area is 122 Å². The summed E-state index contributed by atoms with van der Waals surface area (Å²) >= 11 is 0. The third kappa shape index (κ3) is 2.88. The van der Waals surface area contributed by atoms with E-state index >= 15 is 0 Å². The van der Waals surface area contributed by atoms with Crippen LogP contribution in [0.4, 0.5) is 10.1 Å². The molecule has 0 atom stereocenters. The molecule has 0 aliphatic heterocycles. The maximum Gasteiger partial charge on any atom is 0.182 e. The molecule has 0 saturated heterocycles. The number of nitrogens with zero attached hydrogens (tertiary/aromatic N) is 1. The van der Waals surface area contributed by atoms with Crippen LogP contribution in [0.25, 0.3) is 0 Å². The summed E-state index contributed by atoms with van der Waals surface area (Å²) in [4.78, 5) is 0.0734. The number of sulfone groups is 1. The van der Waals surface area contributed by atoms with Crippen molar-refractivity contribution in [1.29, 1.82) is 5.26 Å². The first-order valence-corrected chi connectivity index (χ1v) is 7.77. The summed E-state index contributed by atoms with van der Waals surface area (Å²) in [6.45, 7) is 1.60. The molecule has 2 aromatic rings. The van der Waals surface area contributed by atoms with Crippen molar-refractivity contribution in [3.05, 3.63) is 58.9 Å². The van der Waals surface area contributed by atoms with Crippen LogP contribution in [0.1, 0.15) is 16.7 Å². The van der Waals surface area contributed by atoms with Gasteiger partial charge >= 0.3 is 0 Å². The van der Waals surface area contributed by atoms with Gasteiger partial charge in [0.2, 0.25) is 0 Å². The van der Waals surface area contributed by atoms with Gasteiger partial charge in [0.15, 0.2) is 9.84 Å². The first-order valence-electron chi connectivity index (χ1n) is 6.12. The average molecular weight is 304 g/mol. The lowest BCUT2D eigenvalue weighted by Crippen LogP contribution is -2.09. The van der Waals surface area contributed by atoms with Crippen LogP contribution in [0, 0.1) is 24.1 Å². The highest BCUT2D eigenvalue weighted by molar-refractivity contribution is 7.90. The molecule has 2 rings (SSSR count). The summed E-state index contributed by atoms with van der Waals surface area (Å²) in [7, 11) is -3.74. The van der Waals surface area contributed by atoms with Crippen molar-refractivity contribution < 1.29 is 12.8 Å². The van der Waals surface area contributed by atoms with Gasteiger partial charge in [0.1, 0.15) is 11.9 Å². The Balaban J connectivity index is 2.48. The zero-order valence-electron chi connectivity index (χ0n) is 11.3. The van der Waals surface area contributed by atoms with Crippen LogP contribution in [0.3, 0.4) is 0 Å². The summed E-state index contributed by atoms with van der Waals surface area (Å²) in [5.41, 5.74) is 6.30. The van der Waals surface area contributed by atoms with Crippen LogP contribution in [0.15, 0.2) is 41.3 Å². The molecule has 6 heteroatoms. The molecular weight excluding hydrogens is 291 g/mol. The van der Waals surface area contributed by atoms with E-state index in [1.807, 2.05) is 0 Å². The van der Waals surface area contributed by atoms with Crippen LogP contribution in [-0.2, 0) is 15.6 Å². The Morgan fingerprint density at radius 1 is 1.24 bits per heavy atom. The predicted octanol–water partition coefficient (Wildman–Crippen LogP) is 2.56. The van der Waals surface area contributed by atoms with E-state index in [9.17, 15) is 12.8 Å². The summed E-state index contributed by atoms with van der Waals surface area (Å²) in [6.07, 6.45) is 0. The standard InChI is InChI=1S/C15H13FN2O2S/c1-10-13(18)6-3-7-14(10)21(19,20)9-12-5-2-4-11(8-17)15(12)16/h2-7H,9,18H2,1H3. The normalized spacial score (nSPS) is 11.1. The van der Waals surface area contributed by atoms with Crippen LogP contribution in [0.2, 0.25) is 0 Å². The average Bonchev–Trinajstić information content (AvgIpc) is 2.44. The highest BCUT2D eigenvalue weighted by Gasteiger charge is 2.21. The SMILES string of the molecule is Cc1c(N)cccc1S(=O)(=O)Cc1cccc(C#N)c1F. The third-order valence-corrected chi connectivity index (χ3v) is 5.01. The van der Waals surface area contributed by atoms with Gasteiger partial charge in [-0.3, -0.25) is 0 Å². The summed E-state index contributed by atoms with van der Waals surface area (Å²) in [6, 6.07) is 10.4. The Hall–Kier alpha value is -2.39. The maximum atomic E-state index is 14.0. The van der Waals surface area contributed by atoms with Gasteiger partial charge in [-0.2, -0.15) is 5.26 Å². The van der Waals surface area contributed by atoms with E-state index in [-0.39, 0.29) is 16.0 Å². The fourth-order valence-corrected chi connectivity index (χ4v) is 3.69. The number of nitrogens with two attached hydrogens (primary N) is 1. The number of nitrogen functional groups attached to an aromatic ring is 1. The van der Waals surface area contributed by atoms with E-state index in [1.165, 1.54) is 30.3 Å². The van der Waals surface area contributed by atoms with E-state index in [4.69, 9.17) is 11.0 Å². The summed E-state index contributed by atoms with van der Waals surface area (Å²) < 4.78 is 38.8. The molecule has 2 N–H and O–H groups in total. The monoisotopic (exact) mass is 304 g/mol. The molecule has 0 radical (unpaired) electrons. The third-order valence-electron chi connectivity index (χ3n) is 3.21. The van der Waals surface area contributed by atoms with Gasteiger partial charge in [-0.25, -0.2) is 12.8 Å². The van der Waals surface area contributed by atoms with Gasteiger partial charge in [0.25, 0.3) is 0 Å². The van der Waals surface area contributed by atoms with E-state index < -0.39 is 21.4 Å². The second-order valence-corrected chi connectivity index (χ2v) is 6.58. The highest BCUT2D eigenvalue weighted by Crippen LogP contribution is 2.25. The minimum Gasteiger partial charge on any atom is -0.398 e. The van der Waals surface area contributed by atoms with Crippen molar-refractivity contribution in [1.82, 2.24) is 0 Å². The minimum atomic E-state index is -3.74. The number of nitriles is 1. The highest BCUT2D eigenvalue weighted by atomic mass is 32.2. The quantitative estimate of drug-likeness (QED) is 0.883. The van der Waals surface area contributed by atoms with Crippen molar-refractivity contribution in [2.24, 2.45) is 0 Å². The first kappa shape index (κ1) is 15.0. The molecule has 0 fully saturated rings. The van der Waals surface area contributed by atoms with Gasteiger partial charge < -0.3 is 5.73 Å². The van der Waals surface area contributed by atoms with Gasteiger partial charge in [0, 0.05) is 11.3 Å². The van der Waals surface area contributed by atoms with E-state index in [0.29, 0.717) is 11.3 Å². The topological polar surface area (TPSA) is 84.0 Å². The second-order valence-electron chi connectivity index (χ2n) is 4.62. The number of rotatable bonds is 3. The lowest BCUT2D eigenvalue weighted by molar-refractivity contribution is 0.585. The van der Waals surface area contributed by atoms with Crippen molar-refractivity contribution in [3.63, 3.8) is 0 Å². The largest absolute Gasteiger partial charge is 0.398 e. The molecule has 0 unspecified atom stereocenters. The lowest BCUT2D eigenvalue weighted by atomic mass is 10.1. The van der Waals surface area contributed by atoms with Crippen LogP contribution in [0.5, 0.6) is 0 Å². The molecule has 0 aliphatic rings. The Kier molecular flexibility index (Phi) is 3.96. The second kappa shape index (κ2) is 5.54. The minimum absolute atomic E-state index is 0.0316. The van der Waals surface area contributed by atoms with Gasteiger partial charge in [-0.1, -0.05) is 18.2 Å². The van der Waals surface area contributed by atoms with Crippen LogP contribution in [-0.4, -0.2) is 8.42 Å². The zero-order chi connectivity index (χ0) is 15.6. The first-order chi connectivity index (χ1) is 9.86. The number of anilines is 1. The molecule has 0 amide bonds. The van der Waals surface area contributed by atoms with Gasteiger partial charge in [-0.05, 0) is 30.7 Å². The smallest absolute Gasteiger partial charge is 0.182 e. The van der Waals surface area contributed by atoms with Crippen molar-refractivity contribution >= 4 is 15.5 Å². The van der Waals surface area contributed by atoms with E-state index in [2.05, 4.69) is 0 Å². The van der Waals surface area contributed by atoms with Crippen molar-refractivity contribution in [3.8, 4) is 6.07 Å². The molecule has 4 nitrogen and oxygen atoms in total. The Bertz CT molecular complexity index is 839. The lowest BCUT2D eigenvalue weighted by Gasteiger charge is -2.10. The molecule has 21 heavy (non-hydrogen) atoms. The van der Waals surface area contributed by atoms with Crippen molar-refractivity contribution in [2.75, 3.05) is 5.73 Å². The molecule has 108 valence electrons. The molecule has 0 aromatic heterocycles.